The lowest BCUT2D eigenvalue weighted by atomic mass is 9.98. The number of rotatable bonds is 7. The molecule has 1 aliphatic heterocycles. The van der Waals surface area contributed by atoms with Crippen LogP contribution in [0.3, 0.4) is 0 Å². The van der Waals surface area contributed by atoms with Gasteiger partial charge in [0.2, 0.25) is 5.91 Å². The lowest BCUT2D eigenvalue weighted by Crippen LogP contribution is -2.44. The number of imidazole rings is 1. The van der Waals surface area contributed by atoms with Crippen molar-refractivity contribution in [3.05, 3.63) is 30.1 Å². The Labute approximate surface area is 157 Å². The maximum Gasteiger partial charge on any atom is 0.303 e. The van der Waals surface area contributed by atoms with Crippen LogP contribution in [0, 0.1) is 0 Å². The number of fused-ring (bicyclic) bond motifs is 1. The van der Waals surface area contributed by atoms with E-state index < -0.39 is 5.97 Å². The second-order valence-corrected chi connectivity index (χ2v) is 8.09. The van der Waals surface area contributed by atoms with Gasteiger partial charge in [-0.15, -0.1) is 11.8 Å². The summed E-state index contributed by atoms with van der Waals surface area (Å²) in [7, 11) is 0. The van der Waals surface area contributed by atoms with E-state index in [-0.39, 0.29) is 23.6 Å². The summed E-state index contributed by atoms with van der Waals surface area (Å²) in [6, 6.07) is 7.96. The second kappa shape index (κ2) is 8.58. The van der Waals surface area contributed by atoms with E-state index in [1.807, 2.05) is 36.1 Å². The first-order chi connectivity index (χ1) is 12.5. The Morgan fingerprint density at radius 1 is 1.38 bits per heavy atom. The molecule has 0 saturated carbocycles. The van der Waals surface area contributed by atoms with Gasteiger partial charge in [-0.2, -0.15) is 0 Å². The van der Waals surface area contributed by atoms with Crippen LogP contribution in [-0.4, -0.2) is 50.2 Å². The summed E-state index contributed by atoms with van der Waals surface area (Å²) >= 11 is 1.57. The average Bonchev–Trinajstić information content (AvgIpc) is 3.08. The molecule has 6 nitrogen and oxygen atoms in total. The van der Waals surface area contributed by atoms with Crippen LogP contribution in [0.4, 0.5) is 0 Å². The number of thioether (sulfide) groups is 1. The number of likely N-dealkylation sites (tertiary alicyclic amines) is 1. The molecule has 1 aromatic carbocycles. The highest BCUT2D eigenvalue weighted by Gasteiger charge is 2.27. The van der Waals surface area contributed by atoms with Crippen LogP contribution in [0.5, 0.6) is 0 Å². The first kappa shape index (κ1) is 18.8. The number of para-hydroxylation sites is 2. The molecule has 0 radical (unpaired) electrons. The molecule has 7 heteroatoms. The highest BCUT2D eigenvalue weighted by atomic mass is 32.2. The molecule has 2 heterocycles. The van der Waals surface area contributed by atoms with Crippen molar-refractivity contribution >= 4 is 34.7 Å². The number of carboxylic acids is 1. The van der Waals surface area contributed by atoms with Gasteiger partial charge in [-0.3, -0.25) is 9.59 Å². The lowest BCUT2D eigenvalue weighted by molar-refractivity contribution is -0.139. The Kier molecular flexibility index (Phi) is 6.19. The Morgan fingerprint density at radius 2 is 2.19 bits per heavy atom. The number of hydrogen-bond acceptors (Lipinski definition) is 4. The quantitative estimate of drug-likeness (QED) is 0.772. The second-order valence-electron chi connectivity index (χ2n) is 6.76. The van der Waals surface area contributed by atoms with Crippen LogP contribution >= 0.6 is 11.8 Å². The molecule has 0 bridgehead atoms. The zero-order valence-corrected chi connectivity index (χ0v) is 15.8. The minimum absolute atomic E-state index is 0.0643. The first-order valence-electron chi connectivity index (χ1n) is 9.12. The zero-order valence-electron chi connectivity index (χ0n) is 15.0. The van der Waals surface area contributed by atoms with Gasteiger partial charge in [0.25, 0.3) is 0 Å². The van der Waals surface area contributed by atoms with Gasteiger partial charge in [-0.05, 0) is 44.7 Å². The van der Waals surface area contributed by atoms with Crippen LogP contribution in [-0.2, 0) is 9.59 Å². The van der Waals surface area contributed by atoms with Gasteiger partial charge >= 0.3 is 5.97 Å². The average molecular weight is 375 g/mol. The number of benzene rings is 1. The Bertz CT molecular complexity index is 743. The van der Waals surface area contributed by atoms with Crippen molar-refractivity contribution in [2.75, 3.05) is 12.3 Å². The van der Waals surface area contributed by atoms with Gasteiger partial charge in [0, 0.05) is 19.0 Å². The van der Waals surface area contributed by atoms with Crippen molar-refractivity contribution in [2.45, 2.75) is 50.3 Å². The monoisotopic (exact) mass is 375 g/mol. The molecule has 1 saturated heterocycles. The summed E-state index contributed by atoms with van der Waals surface area (Å²) in [4.78, 5) is 33.3. The van der Waals surface area contributed by atoms with E-state index in [0.717, 1.165) is 42.7 Å². The first-order valence-corrected chi connectivity index (χ1v) is 10.2. The zero-order chi connectivity index (χ0) is 18.5. The fourth-order valence-corrected chi connectivity index (χ4v) is 4.27. The van der Waals surface area contributed by atoms with Crippen LogP contribution in [0.1, 0.15) is 50.1 Å². The molecule has 2 N–H and O–H groups in total. The Morgan fingerprint density at radius 3 is 2.96 bits per heavy atom. The predicted molar refractivity (Wildman–Crippen MR) is 103 cm³/mol. The number of aliphatic carboxylic acids is 1. The van der Waals surface area contributed by atoms with E-state index in [2.05, 4.69) is 9.97 Å². The summed E-state index contributed by atoms with van der Waals surface area (Å²) in [6.07, 6.45) is 3.64. The SMILES string of the molecule is CC(SCC(=O)N1CCCCC1CCC(=O)O)c1nc2ccccc2[nH]1. The smallest absolute Gasteiger partial charge is 0.303 e. The maximum atomic E-state index is 12.7. The van der Waals surface area contributed by atoms with E-state index in [4.69, 9.17) is 5.11 Å². The van der Waals surface area contributed by atoms with Crippen LogP contribution < -0.4 is 0 Å². The van der Waals surface area contributed by atoms with Crippen molar-refractivity contribution in [2.24, 2.45) is 0 Å². The van der Waals surface area contributed by atoms with Crippen LogP contribution in [0.25, 0.3) is 11.0 Å². The normalized spacial score (nSPS) is 18.8. The summed E-state index contributed by atoms with van der Waals surface area (Å²) in [5.41, 5.74) is 1.94. The van der Waals surface area contributed by atoms with Crippen LogP contribution in [0.15, 0.2) is 24.3 Å². The fraction of sp³-hybridized carbons (Fsp3) is 0.526. The minimum atomic E-state index is -0.796. The highest BCUT2D eigenvalue weighted by molar-refractivity contribution is 8.00. The van der Waals surface area contributed by atoms with Gasteiger partial charge in [-0.1, -0.05) is 12.1 Å². The summed E-state index contributed by atoms with van der Waals surface area (Å²) < 4.78 is 0. The van der Waals surface area contributed by atoms with E-state index >= 15 is 0 Å². The molecule has 26 heavy (non-hydrogen) atoms. The fourth-order valence-electron chi connectivity index (χ4n) is 3.44. The summed E-state index contributed by atoms with van der Waals surface area (Å²) in [5, 5.41) is 9.00. The Balaban J connectivity index is 1.56. The highest BCUT2D eigenvalue weighted by Crippen LogP contribution is 2.29. The number of nitrogens with zero attached hydrogens (tertiary/aromatic N) is 2. The molecule has 1 aromatic heterocycles. The van der Waals surface area contributed by atoms with Crippen molar-refractivity contribution in [1.29, 1.82) is 0 Å². The summed E-state index contributed by atoms with van der Waals surface area (Å²) in [6.45, 7) is 2.79. The molecule has 1 amide bonds. The van der Waals surface area contributed by atoms with Crippen molar-refractivity contribution in [3.8, 4) is 0 Å². The van der Waals surface area contributed by atoms with Gasteiger partial charge < -0.3 is 15.0 Å². The third-order valence-electron chi connectivity index (χ3n) is 4.89. The predicted octanol–water partition coefficient (Wildman–Crippen LogP) is 3.60. The number of aromatic amines is 1. The molecule has 2 atom stereocenters. The molecule has 1 aliphatic rings. The molecule has 1 fully saturated rings. The van der Waals surface area contributed by atoms with Gasteiger partial charge in [0.05, 0.1) is 22.0 Å². The van der Waals surface area contributed by atoms with E-state index in [0.29, 0.717) is 12.2 Å². The molecular weight excluding hydrogens is 350 g/mol. The topological polar surface area (TPSA) is 86.3 Å². The number of nitrogens with one attached hydrogen (secondary N) is 1. The molecular formula is C19H25N3O3S. The largest absolute Gasteiger partial charge is 0.481 e. The molecule has 0 aliphatic carbocycles. The minimum Gasteiger partial charge on any atom is -0.481 e. The van der Waals surface area contributed by atoms with E-state index in [1.165, 1.54) is 0 Å². The number of carbonyl (C=O) groups is 2. The maximum absolute atomic E-state index is 12.7. The number of carboxylic acid groups (broad SMARTS) is 1. The number of hydrogen-bond donors (Lipinski definition) is 2. The van der Waals surface area contributed by atoms with Crippen molar-refractivity contribution < 1.29 is 14.7 Å². The Hall–Kier alpha value is -2.02. The number of amides is 1. The number of H-pyrrole nitrogens is 1. The number of carbonyl (C=O) groups excluding carboxylic acids is 1. The van der Waals surface area contributed by atoms with Gasteiger partial charge in [-0.25, -0.2) is 4.98 Å². The molecule has 3 rings (SSSR count). The van der Waals surface area contributed by atoms with Crippen molar-refractivity contribution in [3.63, 3.8) is 0 Å². The van der Waals surface area contributed by atoms with Gasteiger partial charge in [0.15, 0.2) is 0 Å². The van der Waals surface area contributed by atoms with Gasteiger partial charge in [0.1, 0.15) is 5.82 Å². The lowest BCUT2D eigenvalue weighted by Gasteiger charge is -2.35. The third-order valence-corrected chi connectivity index (χ3v) is 6.03. The molecule has 0 spiro atoms. The standard InChI is InChI=1S/C19H25N3O3S/c1-13(19-20-15-7-2-3-8-16(15)21-19)26-12-17(23)22-11-5-4-6-14(22)9-10-18(24)25/h2-3,7-8,13-14H,4-6,9-12H2,1H3,(H,20,21)(H,24,25). The third kappa shape index (κ3) is 4.58. The van der Waals surface area contributed by atoms with E-state index in [1.54, 1.807) is 11.8 Å². The van der Waals surface area contributed by atoms with E-state index in [9.17, 15) is 9.59 Å². The number of aromatic nitrogens is 2. The van der Waals surface area contributed by atoms with Crippen molar-refractivity contribution in [1.82, 2.24) is 14.9 Å². The van der Waals surface area contributed by atoms with Crippen LogP contribution in [0.2, 0.25) is 0 Å². The molecule has 140 valence electrons. The molecule has 2 aromatic rings. The number of piperidine rings is 1. The summed E-state index contributed by atoms with van der Waals surface area (Å²) in [5.74, 6) is 0.580. The molecule has 2 unspecified atom stereocenters.